The average Bonchev–Trinajstić information content (AvgIpc) is 2.15. The maximum atomic E-state index is 11.1. The third-order valence-corrected chi connectivity index (χ3v) is 5.58. The van der Waals surface area contributed by atoms with Gasteiger partial charge in [-0.2, -0.15) is 0 Å². The monoisotopic (exact) mass is 206 g/mol. The molecule has 4 atom stereocenters. The van der Waals surface area contributed by atoms with Crippen LogP contribution in [0.25, 0.3) is 0 Å². The molecule has 0 aromatic rings. The molecule has 3 fully saturated rings. The minimum atomic E-state index is 0.394. The minimum absolute atomic E-state index is 0.394. The fourth-order valence-electron chi connectivity index (χ4n) is 4.71. The second-order valence-corrected chi connectivity index (χ2v) is 6.35. The normalized spacial score (nSPS) is 47.1. The maximum Gasteiger partial charge on any atom is 0.129 e. The molecule has 0 spiro atoms. The summed E-state index contributed by atoms with van der Waals surface area (Å²) in [7, 11) is 0. The highest BCUT2D eigenvalue weighted by Gasteiger charge is 2.56. The van der Waals surface area contributed by atoms with Crippen LogP contribution in [-0.4, -0.2) is 5.78 Å². The van der Waals surface area contributed by atoms with E-state index in [9.17, 15) is 4.79 Å². The topological polar surface area (TPSA) is 17.1 Å². The molecule has 0 aromatic carbocycles. The van der Waals surface area contributed by atoms with Crippen LogP contribution >= 0.6 is 0 Å². The van der Waals surface area contributed by atoms with E-state index in [1.165, 1.54) is 44.9 Å². The molecule has 3 rings (SSSR count). The Kier molecular flexibility index (Phi) is 2.19. The first kappa shape index (κ1) is 9.86. The first-order valence-electron chi connectivity index (χ1n) is 6.69. The predicted molar refractivity (Wildman–Crippen MR) is 60.5 cm³/mol. The van der Waals surface area contributed by atoms with Crippen molar-refractivity contribution >= 4 is 5.78 Å². The van der Waals surface area contributed by atoms with E-state index >= 15 is 0 Å². The van der Waals surface area contributed by atoms with Crippen molar-refractivity contribution in [1.29, 1.82) is 0 Å². The second-order valence-electron chi connectivity index (χ2n) is 6.35. The summed E-state index contributed by atoms with van der Waals surface area (Å²) in [6, 6.07) is 0. The lowest BCUT2D eigenvalue weighted by molar-refractivity contribution is -0.136. The molecule has 0 heterocycles. The molecule has 1 heteroatoms. The molecule has 84 valence electrons. The van der Waals surface area contributed by atoms with Gasteiger partial charge in [0.15, 0.2) is 0 Å². The molecule has 0 aromatic heterocycles. The summed E-state index contributed by atoms with van der Waals surface area (Å²) in [5.41, 5.74) is 0.632. The standard InChI is InChI=1S/C14H22O/c1-10(15)4-6-14-7-5-11-2-3-12(9-14)13(14)8-11/h11-13H,2-9H2,1H3. The molecular formula is C14H22O. The van der Waals surface area contributed by atoms with Crippen molar-refractivity contribution in [3.05, 3.63) is 0 Å². The van der Waals surface area contributed by atoms with Gasteiger partial charge < -0.3 is 4.79 Å². The van der Waals surface area contributed by atoms with E-state index in [0.717, 1.165) is 24.2 Å². The first-order chi connectivity index (χ1) is 7.20. The molecule has 3 saturated carbocycles. The molecule has 0 amide bonds. The number of ketones is 1. The summed E-state index contributed by atoms with van der Waals surface area (Å²) in [6.45, 7) is 1.75. The Morgan fingerprint density at radius 2 is 2.20 bits per heavy atom. The van der Waals surface area contributed by atoms with Crippen molar-refractivity contribution in [2.45, 2.75) is 58.3 Å². The zero-order valence-electron chi connectivity index (χ0n) is 9.80. The maximum absolute atomic E-state index is 11.1. The van der Waals surface area contributed by atoms with E-state index in [1.54, 1.807) is 6.92 Å². The van der Waals surface area contributed by atoms with Crippen LogP contribution in [0.1, 0.15) is 58.3 Å². The number of Topliss-reactive ketones (excluding diaryl/α,β-unsaturated/α-hetero) is 1. The quantitative estimate of drug-likeness (QED) is 0.690. The van der Waals surface area contributed by atoms with Crippen LogP contribution < -0.4 is 0 Å². The lowest BCUT2D eigenvalue weighted by Gasteiger charge is -2.63. The van der Waals surface area contributed by atoms with Crippen LogP contribution in [-0.2, 0) is 4.79 Å². The van der Waals surface area contributed by atoms with Gasteiger partial charge in [0, 0.05) is 6.42 Å². The van der Waals surface area contributed by atoms with E-state index in [2.05, 4.69) is 0 Å². The van der Waals surface area contributed by atoms with E-state index in [4.69, 9.17) is 0 Å². The molecule has 4 unspecified atom stereocenters. The number of carbonyl (C=O) groups excluding carboxylic acids is 1. The van der Waals surface area contributed by atoms with Crippen LogP contribution in [0.5, 0.6) is 0 Å². The van der Waals surface area contributed by atoms with Gasteiger partial charge in [0.25, 0.3) is 0 Å². The van der Waals surface area contributed by atoms with Gasteiger partial charge in [-0.05, 0) is 68.6 Å². The molecule has 15 heavy (non-hydrogen) atoms. The number of carbonyl (C=O) groups is 1. The van der Waals surface area contributed by atoms with E-state index < -0.39 is 0 Å². The van der Waals surface area contributed by atoms with Gasteiger partial charge in [-0.15, -0.1) is 0 Å². The van der Waals surface area contributed by atoms with Crippen LogP contribution in [0.15, 0.2) is 0 Å². The SMILES string of the molecule is CC(=O)CCC12CCC3CCC(C1)C2C3. The van der Waals surface area contributed by atoms with E-state index in [1.807, 2.05) is 0 Å². The van der Waals surface area contributed by atoms with Crippen LogP contribution in [0.4, 0.5) is 0 Å². The Morgan fingerprint density at radius 1 is 1.33 bits per heavy atom. The molecular weight excluding hydrogens is 184 g/mol. The Labute approximate surface area is 92.6 Å². The summed E-state index contributed by atoms with van der Waals surface area (Å²) >= 11 is 0. The molecule has 0 saturated heterocycles. The van der Waals surface area contributed by atoms with Crippen LogP contribution in [0.3, 0.4) is 0 Å². The highest BCUT2D eigenvalue weighted by molar-refractivity contribution is 5.75. The molecule has 0 radical (unpaired) electrons. The Bertz CT molecular complexity index is 279. The second kappa shape index (κ2) is 3.33. The van der Waals surface area contributed by atoms with Crippen molar-refractivity contribution in [1.82, 2.24) is 0 Å². The fraction of sp³-hybridized carbons (Fsp3) is 0.929. The smallest absolute Gasteiger partial charge is 0.129 e. The number of hydrogen-bond acceptors (Lipinski definition) is 1. The molecule has 3 aliphatic carbocycles. The van der Waals surface area contributed by atoms with Crippen molar-refractivity contribution in [3.8, 4) is 0 Å². The lowest BCUT2D eigenvalue weighted by Crippen LogP contribution is -2.54. The molecule has 3 aliphatic rings. The summed E-state index contributed by atoms with van der Waals surface area (Å²) in [5, 5.41) is 0. The zero-order valence-corrected chi connectivity index (χ0v) is 9.80. The van der Waals surface area contributed by atoms with Gasteiger partial charge >= 0.3 is 0 Å². The largest absolute Gasteiger partial charge is 0.300 e. The highest BCUT2D eigenvalue weighted by atomic mass is 16.1. The van der Waals surface area contributed by atoms with E-state index in [-0.39, 0.29) is 0 Å². The fourth-order valence-corrected chi connectivity index (χ4v) is 4.71. The van der Waals surface area contributed by atoms with Crippen LogP contribution in [0.2, 0.25) is 0 Å². The molecule has 1 nitrogen and oxygen atoms in total. The number of fused-ring (bicyclic) bond motifs is 1. The Balaban J connectivity index is 1.69. The first-order valence-corrected chi connectivity index (χ1v) is 6.69. The summed E-state index contributed by atoms with van der Waals surface area (Å²) < 4.78 is 0. The average molecular weight is 206 g/mol. The summed E-state index contributed by atoms with van der Waals surface area (Å²) in [4.78, 5) is 11.1. The van der Waals surface area contributed by atoms with Crippen molar-refractivity contribution in [3.63, 3.8) is 0 Å². The van der Waals surface area contributed by atoms with Gasteiger partial charge in [0.2, 0.25) is 0 Å². The summed E-state index contributed by atoms with van der Waals surface area (Å²) in [5.74, 6) is 3.51. The van der Waals surface area contributed by atoms with Crippen molar-refractivity contribution in [2.24, 2.45) is 23.2 Å². The Hall–Kier alpha value is -0.330. The predicted octanol–water partition coefficient (Wildman–Crippen LogP) is 3.57. The molecule has 2 bridgehead atoms. The molecule has 0 N–H and O–H groups in total. The minimum Gasteiger partial charge on any atom is -0.300 e. The molecule has 0 aliphatic heterocycles. The van der Waals surface area contributed by atoms with Crippen LogP contribution in [0, 0.1) is 23.2 Å². The Morgan fingerprint density at radius 3 is 3.00 bits per heavy atom. The number of rotatable bonds is 3. The van der Waals surface area contributed by atoms with E-state index in [0.29, 0.717) is 11.2 Å². The number of hydrogen-bond donors (Lipinski definition) is 0. The highest BCUT2D eigenvalue weighted by Crippen LogP contribution is 2.66. The van der Waals surface area contributed by atoms with Crippen molar-refractivity contribution < 1.29 is 4.79 Å². The van der Waals surface area contributed by atoms with Gasteiger partial charge in [0.1, 0.15) is 5.78 Å². The van der Waals surface area contributed by atoms with Gasteiger partial charge in [-0.1, -0.05) is 6.42 Å². The zero-order chi connectivity index (χ0) is 10.5. The summed E-state index contributed by atoms with van der Waals surface area (Å²) in [6.07, 6.45) is 10.9. The van der Waals surface area contributed by atoms with Gasteiger partial charge in [-0.3, -0.25) is 0 Å². The van der Waals surface area contributed by atoms with Gasteiger partial charge in [-0.25, -0.2) is 0 Å². The third kappa shape index (κ3) is 1.46. The van der Waals surface area contributed by atoms with Gasteiger partial charge in [0.05, 0.1) is 0 Å². The van der Waals surface area contributed by atoms with Crippen molar-refractivity contribution in [2.75, 3.05) is 0 Å². The third-order valence-electron chi connectivity index (χ3n) is 5.58. The lowest BCUT2D eigenvalue weighted by atomic mass is 9.42.